The third-order valence-corrected chi connectivity index (χ3v) is 4.05. The van der Waals surface area contributed by atoms with Crippen LogP contribution in [-0.2, 0) is 4.79 Å². The average Bonchev–Trinajstić information content (AvgIpc) is 2.96. The fourth-order valence-electron chi connectivity index (χ4n) is 2.47. The van der Waals surface area contributed by atoms with Gasteiger partial charge in [-0.15, -0.1) is 0 Å². The van der Waals surface area contributed by atoms with Gasteiger partial charge in [0.05, 0.1) is 45.1 Å². The summed E-state index contributed by atoms with van der Waals surface area (Å²) in [6, 6.07) is -4.27. The fourth-order valence-corrected chi connectivity index (χ4v) is 2.62. The zero-order valence-corrected chi connectivity index (χ0v) is 18.4. The third kappa shape index (κ3) is 5.98. The summed E-state index contributed by atoms with van der Waals surface area (Å²) in [6.07, 6.45) is -0.692. The van der Waals surface area contributed by atoms with Crippen LogP contribution in [0, 0.1) is 17.1 Å². The van der Waals surface area contributed by atoms with Gasteiger partial charge in [0.1, 0.15) is 17.6 Å². The number of carbonyl (C=O) groups excluding carboxylic acids is 1. The highest BCUT2D eigenvalue weighted by atomic mass is 35.5. The number of pyridine rings is 1. The molecule has 0 bridgehead atoms. The van der Waals surface area contributed by atoms with Crippen molar-refractivity contribution in [1.82, 2.24) is 9.88 Å². The SMILES string of the molecule is [2H]/C(C(=O)Nc1c(OCC)c([2H])c2nc([2H])c(C#N)c(Nc3c([2H])c([2H])c(F)c(Cl)c3[2H])c2c1[2H])=C(/[2H])C([2H])([2H])N(C)C. The zero-order chi connectivity index (χ0) is 32.7. The fraction of sp³-hybridized carbons (Fsp3) is 0.208. The largest absolute Gasteiger partial charge is 0.492 e. The second kappa shape index (κ2) is 10.8. The molecule has 3 aromatic rings. The van der Waals surface area contributed by atoms with E-state index in [1.165, 1.54) is 21.0 Å². The summed E-state index contributed by atoms with van der Waals surface area (Å²) in [5.74, 6) is -3.10. The molecule has 33 heavy (non-hydrogen) atoms. The Balaban J connectivity index is 2.41. The summed E-state index contributed by atoms with van der Waals surface area (Å²) in [7, 11) is 2.59. The van der Waals surface area contributed by atoms with Crippen LogP contribution in [0.4, 0.5) is 21.5 Å². The predicted molar refractivity (Wildman–Crippen MR) is 129 cm³/mol. The van der Waals surface area contributed by atoms with Crippen molar-refractivity contribution in [1.29, 1.82) is 5.26 Å². The van der Waals surface area contributed by atoms with E-state index in [0.29, 0.717) is 0 Å². The van der Waals surface area contributed by atoms with Crippen molar-refractivity contribution < 1.29 is 27.6 Å². The molecule has 2 aromatic carbocycles. The molecule has 0 aliphatic rings. The van der Waals surface area contributed by atoms with Crippen LogP contribution >= 0.6 is 11.6 Å². The van der Waals surface area contributed by atoms with Gasteiger partial charge in [-0.05, 0) is 45.2 Å². The van der Waals surface area contributed by atoms with E-state index in [1.807, 2.05) is 0 Å². The number of fused-ring (bicyclic) bond motifs is 1. The number of nitriles is 1. The number of rotatable bonds is 8. The number of nitrogens with one attached hydrogen (secondary N) is 2. The van der Waals surface area contributed by atoms with E-state index in [1.54, 1.807) is 6.07 Å². The van der Waals surface area contributed by atoms with Crippen LogP contribution in [0.3, 0.4) is 0 Å². The van der Waals surface area contributed by atoms with Gasteiger partial charge in [0, 0.05) is 38.6 Å². The van der Waals surface area contributed by atoms with Crippen molar-refractivity contribution >= 4 is 45.5 Å². The maximum absolute atomic E-state index is 14.2. The number of aromatic nitrogens is 1. The summed E-state index contributed by atoms with van der Waals surface area (Å²) < 4.78 is 102. The molecule has 3 rings (SSSR count). The third-order valence-electron chi connectivity index (χ3n) is 3.79. The van der Waals surface area contributed by atoms with E-state index in [2.05, 4.69) is 15.6 Å². The first kappa shape index (κ1) is 13.8. The number of amides is 1. The van der Waals surface area contributed by atoms with Gasteiger partial charge in [0.2, 0.25) is 5.91 Å². The molecular weight excluding hydrogens is 445 g/mol. The molecule has 0 saturated carbocycles. The summed E-state index contributed by atoms with van der Waals surface area (Å²) >= 11 is 5.83. The molecule has 0 fully saturated rings. The number of likely N-dealkylation sites (N-methyl/N-ethyl adjacent to an activating group) is 1. The number of ether oxygens (including phenoxy) is 1. The van der Waals surface area contributed by atoms with Crippen LogP contribution in [0.1, 0.15) is 26.2 Å². The van der Waals surface area contributed by atoms with Gasteiger partial charge >= 0.3 is 0 Å². The highest BCUT2D eigenvalue weighted by Gasteiger charge is 2.15. The van der Waals surface area contributed by atoms with E-state index < -0.39 is 105 Å². The van der Waals surface area contributed by atoms with Crippen LogP contribution in [0.15, 0.2) is 48.5 Å². The van der Waals surface area contributed by atoms with Crippen LogP contribution in [0.2, 0.25) is 5.02 Å². The summed E-state index contributed by atoms with van der Waals surface area (Å²) in [6.45, 7) is -1.08. The Morgan fingerprint density at radius 3 is 2.94 bits per heavy atom. The first-order valence-electron chi connectivity index (χ1n) is 14.3. The van der Waals surface area contributed by atoms with E-state index in [9.17, 15) is 14.4 Å². The maximum Gasteiger partial charge on any atom is 0.248 e. The van der Waals surface area contributed by atoms with Crippen molar-refractivity contribution in [3.05, 3.63) is 64.9 Å². The molecule has 9 heteroatoms. The summed E-state index contributed by atoms with van der Waals surface area (Å²) in [4.78, 5) is 17.9. The second-order valence-corrected chi connectivity index (χ2v) is 6.79. The first-order valence-corrected chi connectivity index (χ1v) is 9.70. The van der Waals surface area contributed by atoms with Crippen molar-refractivity contribution in [2.24, 2.45) is 0 Å². The Hall–Kier alpha value is -3.67. The first-order chi connectivity index (χ1) is 19.9. The Morgan fingerprint density at radius 1 is 1.45 bits per heavy atom. The average molecular weight is 478 g/mol. The number of carbonyl (C=O) groups is 1. The van der Waals surface area contributed by atoms with Gasteiger partial charge in [-0.25, -0.2) is 4.39 Å². The normalized spacial score (nSPS) is 16.4. The van der Waals surface area contributed by atoms with Crippen molar-refractivity contribution in [3.63, 3.8) is 0 Å². The van der Waals surface area contributed by atoms with E-state index in [4.69, 9.17) is 30.0 Å². The minimum atomic E-state index is -2.52. The number of nitrogens with zero attached hydrogens (tertiary/aromatic N) is 3. The van der Waals surface area contributed by atoms with Crippen LogP contribution in [0.25, 0.3) is 10.9 Å². The van der Waals surface area contributed by atoms with Crippen molar-refractivity contribution in [2.75, 3.05) is 37.8 Å². The van der Waals surface area contributed by atoms with Crippen LogP contribution in [0.5, 0.6) is 5.75 Å². The molecule has 0 spiro atoms. The number of benzene rings is 2. The second-order valence-electron chi connectivity index (χ2n) is 6.41. The summed E-state index contributed by atoms with van der Waals surface area (Å²) in [5, 5.41) is 13.3. The van der Waals surface area contributed by atoms with Gasteiger partial charge in [-0.3, -0.25) is 9.78 Å². The van der Waals surface area contributed by atoms with Crippen molar-refractivity contribution in [2.45, 2.75) is 6.92 Å². The topological polar surface area (TPSA) is 90.3 Å². The zero-order valence-electron chi connectivity index (χ0n) is 27.6. The molecule has 0 unspecified atom stereocenters. The molecule has 1 amide bonds. The lowest BCUT2D eigenvalue weighted by atomic mass is 10.1. The standard InChI is InChI=1S/C24H23ClFN5O2/c1-4-33-22-12-20-17(11-21(22)30-23(32)6-5-9-31(2)3)24(15(13-27)14-28-20)29-16-7-8-19(26)18(25)10-16/h5-8,10-12,14H,4,9H2,1-3H3,(H,28,29)(H,30,32)/b6-5+/i5D,6D,7D,8D,9D2,10D,11D,12D,14D. The minimum Gasteiger partial charge on any atom is -0.492 e. The lowest BCUT2D eigenvalue weighted by Gasteiger charge is -2.16. The molecule has 1 aromatic heterocycles. The van der Waals surface area contributed by atoms with Gasteiger partial charge < -0.3 is 20.3 Å². The van der Waals surface area contributed by atoms with Gasteiger partial charge in [-0.1, -0.05) is 17.7 Å². The number of halogens is 2. The van der Waals surface area contributed by atoms with Gasteiger partial charge in [0.15, 0.2) is 0 Å². The smallest absolute Gasteiger partial charge is 0.248 e. The van der Waals surface area contributed by atoms with Gasteiger partial charge in [0.25, 0.3) is 0 Å². The van der Waals surface area contributed by atoms with Crippen LogP contribution < -0.4 is 15.4 Å². The van der Waals surface area contributed by atoms with E-state index >= 15 is 0 Å². The predicted octanol–water partition coefficient (Wildman–Crippen LogP) is 5.10. The quantitative estimate of drug-likeness (QED) is 0.439. The maximum atomic E-state index is 14.2. The van der Waals surface area contributed by atoms with Crippen molar-refractivity contribution in [3.8, 4) is 11.8 Å². The molecule has 1 heterocycles. The number of hydrogen-bond donors (Lipinski definition) is 2. The van der Waals surface area contributed by atoms with Gasteiger partial charge in [-0.2, -0.15) is 5.26 Å². The highest BCUT2D eigenvalue weighted by Crippen LogP contribution is 2.36. The molecule has 7 nitrogen and oxygen atoms in total. The minimum absolute atomic E-state index is 0.0873. The molecule has 0 aliphatic carbocycles. The molecule has 170 valence electrons. The molecule has 0 atom stereocenters. The monoisotopic (exact) mass is 477 g/mol. The van der Waals surface area contributed by atoms with E-state index in [0.717, 1.165) is 4.90 Å². The number of hydrogen-bond acceptors (Lipinski definition) is 6. The lowest BCUT2D eigenvalue weighted by Crippen LogP contribution is -2.13. The van der Waals surface area contributed by atoms with Crippen LogP contribution in [-0.4, -0.2) is 43.0 Å². The molecule has 0 radical (unpaired) electrons. The summed E-state index contributed by atoms with van der Waals surface area (Å²) in [5.41, 5.74) is -2.48. The lowest BCUT2D eigenvalue weighted by molar-refractivity contribution is -0.111. The van der Waals surface area contributed by atoms with E-state index in [-0.39, 0.29) is 12.1 Å². The Morgan fingerprint density at radius 2 is 2.24 bits per heavy atom. The Kier molecular flexibility index (Phi) is 4.50. The Labute approximate surface area is 210 Å². The highest BCUT2D eigenvalue weighted by molar-refractivity contribution is 6.31. The molecule has 0 saturated heterocycles. The Bertz CT molecular complexity index is 1720. The molecule has 2 N–H and O–H groups in total. The number of anilines is 3. The molecule has 0 aliphatic heterocycles. The molecular formula is C24H23ClFN5O2.